The highest BCUT2D eigenvalue weighted by Crippen LogP contribution is 2.30. The minimum absolute atomic E-state index is 0. The number of carbonyl (C=O) groups excluding carboxylic acids is 2. The van der Waals surface area contributed by atoms with E-state index in [9.17, 15) is 9.59 Å². The SMILES string of the molecule is COC(=O)c1c[n+](Cc2ccccc2)ccc1/C=C1\Cc2cc(C)c(C)cc2C1=O.[Br-]. The highest BCUT2D eigenvalue weighted by atomic mass is 79.9. The molecule has 0 atom stereocenters. The largest absolute Gasteiger partial charge is 1.00 e. The molecule has 0 saturated carbocycles. The molecule has 2 aromatic carbocycles. The molecule has 0 unspecified atom stereocenters. The van der Waals surface area contributed by atoms with Crippen LogP contribution < -0.4 is 21.5 Å². The van der Waals surface area contributed by atoms with Crippen LogP contribution >= 0.6 is 0 Å². The normalized spacial score (nSPS) is 13.6. The van der Waals surface area contributed by atoms with Crippen molar-refractivity contribution in [3.05, 3.63) is 105 Å². The van der Waals surface area contributed by atoms with E-state index >= 15 is 0 Å². The molecule has 1 heterocycles. The van der Waals surface area contributed by atoms with Crippen molar-refractivity contribution in [2.24, 2.45) is 0 Å². The van der Waals surface area contributed by atoms with Gasteiger partial charge in [-0.1, -0.05) is 36.4 Å². The summed E-state index contributed by atoms with van der Waals surface area (Å²) in [4.78, 5) is 25.4. The third kappa shape index (κ3) is 4.67. The van der Waals surface area contributed by atoms with E-state index in [1.807, 2.05) is 66.2 Å². The molecule has 1 aliphatic rings. The first-order valence-electron chi connectivity index (χ1n) is 9.97. The number of methoxy groups -OCH3 is 1. The van der Waals surface area contributed by atoms with Crippen molar-refractivity contribution in [2.45, 2.75) is 26.8 Å². The van der Waals surface area contributed by atoms with Crippen LogP contribution in [0.3, 0.4) is 0 Å². The van der Waals surface area contributed by atoms with Crippen molar-refractivity contribution >= 4 is 17.8 Å². The second-order valence-corrected chi connectivity index (χ2v) is 7.73. The third-order valence-electron chi connectivity index (χ3n) is 5.63. The number of ether oxygens (including phenoxy) is 1. The number of aromatic nitrogens is 1. The zero-order valence-corrected chi connectivity index (χ0v) is 19.4. The second kappa shape index (κ2) is 9.40. The number of esters is 1. The molecule has 0 fully saturated rings. The van der Waals surface area contributed by atoms with Crippen LogP contribution in [-0.2, 0) is 17.7 Å². The summed E-state index contributed by atoms with van der Waals surface area (Å²) in [6.07, 6.45) is 6.11. The van der Waals surface area contributed by atoms with Crippen molar-refractivity contribution in [2.75, 3.05) is 7.11 Å². The smallest absolute Gasteiger partial charge is 0.344 e. The van der Waals surface area contributed by atoms with Gasteiger partial charge in [-0.25, -0.2) is 4.79 Å². The minimum atomic E-state index is -0.418. The third-order valence-corrected chi connectivity index (χ3v) is 5.63. The van der Waals surface area contributed by atoms with Crippen LogP contribution in [0.2, 0.25) is 0 Å². The number of halogens is 1. The number of hydrogen-bond donors (Lipinski definition) is 0. The van der Waals surface area contributed by atoms with Crippen LogP contribution in [0, 0.1) is 13.8 Å². The van der Waals surface area contributed by atoms with Gasteiger partial charge in [0.05, 0.1) is 7.11 Å². The molecule has 0 bridgehead atoms. The highest BCUT2D eigenvalue weighted by Gasteiger charge is 2.26. The average molecular weight is 478 g/mol. The van der Waals surface area contributed by atoms with E-state index in [4.69, 9.17) is 4.74 Å². The van der Waals surface area contributed by atoms with E-state index in [0.717, 1.165) is 22.3 Å². The maximum absolute atomic E-state index is 12.9. The van der Waals surface area contributed by atoms with Crippen LogP contribution in [0.4, 0.5) is 0 Å². The van der Waals surface area contributed by atoms with Crippen LogP contribution in [0.1, 0.15) is 48.5 Å². The van der Waals surface area contributed by atoms with Gasteiger partial charge in [-0.15, -0.1) is 0 Å². The number of nitrogens with zero attached hydrogens (tertiary/aromatic N) is 1. The summed E-state index contributed by atoms with van der Waals surface area (Å²) in [6.45, 7) is 4.72. The lowest BCUT2D eigenvalue weighted by atomic mass is 10.0. The Bertz CT molecular complexity index is 1180. The van der Waals surface area contributed by atoms with Gasteiger partial charge in [0.15, 0.2) is 24.7 Å². The summed E-state index contributed by atoms with van der Waals surface area (Å²) < 4.78 is 6.95. The number of allylic oxidation sites excluding steroid dienone is 1. The van der Waals surface area contributed by atoms with Gasteiger partial charge in [-0.3, -0.25) is 4.79 Å². The maximum Gasteiger partial charge on any atom is 0.344 e. The summed E-state index contributed by atoms with van der Waals surface area (Å²) in [5.41, 5.74) is 7.07. The number of fused-ring (bicyclic) bond motifs is 1. The number of rotatable bonds is 4. The van der Waals surface area contributed by atoms with Crippen molar-refractivity contribution in [1.29, 1.82) is 0 Å². The van der Waals surface area contributed by atoms with Crippen molar-refractivity contribution in [1.82, 2.24) is 0 Å². The highest BCUT2D eigenvalue weighted by molar-refractivity contribution is 6.16. The molecule has 0 N–H and O–H groups in total. The molecule has 4 rings (SSSR count). The lowest BCUT2D eigenvalue weighted by Gasteiger charge is -2.05. The Morgan fingerprint density at radius 3 is 2.52 bits per heavy atom. The van der Waals surface area contributed by atoms with E-state index in [0.29, 0.717) is 29.7 Å². The van der Waals surface area contributed by atoms with Gasteiger partial charge in [0.25, 0.3) is 0 Å². The lowest BCUT2D eigenvalue weighted by Crippen LogP contribution is -3.00. The Kier molecular flexibility index (Phi) is 6.86. The number of benzene rings is 2. The molecule has 1 aromatic heterocycles. The van der Waals surface area contributed by atoms with Gasteiger partial charge in [0, 0.05) is 34.8 Å². The Balaban J connectivity index is 0.00000272. The number of carbonyl (C=O) groups is 2. The van der Waals surface area contributed by atoms with Crippen LogP contribution in [0.5, 0.6) is 0 Å². The number of Topliss-reactive ketones (excluding diaryl/α,β-unsaturated/α-hetero) is 1. The fourth-order valence-corrected chi connectivity index (χ4v) is 3.84. The Morgan fingerprint density at radius 2 is 1.81 bits per heavy atom. The fourth-order valence-electron chi connectivity index (χ4n) is 3.84. The molecule has 0 amide bonds. The fraction of sp³-hybridized carbons (Fsp3) is 0.192. The summed E-state index contributed by atoms with van der Waals surface area (Å²) in [5, 5.41) is 0. The molecule has 0 saturated heterocycles. The molecule has 5 heteroatoms. The van der Waals surface area contributed by atoms with Gasteiger partial charge >= 0.3 is 5.97 Å². The van der Waals surface area contributed by atoms with Crippen molar-refractivity contribution in [3.63, 3.8) is 0 Å². The standard InChI is InChI=1S/C26H24NO3.BrH/c1-17-11-21-14-22(25(28)23(21)12-18(17)2)13-20-9-10-27(16-24(20)26(29)30-3)15-19-7-5-4-6-8-19;/h4-13,16H,14-15H2,1-3H3;1H/q+1;/p-1/b22-13+;. The number of hydrogen-bond acceptors (Lipinski definition) is 3. The van der Waals surface area contributed by atoms with Gasteiger partial charge in [-0.2, -0.15) is 4.57 Å². The van der Waals surface area contributed by atoms with E-state index in [2.05, 4.69) is 13.0 Å². The quantitative estimate of drug-likeness (QED) is 0.322. The predicted octanol–water partition coefficient (Wildman–Crippen LogP) is 1.25. The van der Waals surface area contributed by atoms with Crippen LogP contribution in [0.15, 0.2) is 66.5 Å². The van der Waals surface area contributed by atoms with E-state index in [-0.39, 0.29) is 22.8 Å². The molecule has 0 radical (unpaired) electrons. The molecular weight excluding hydrogens is 454 g/mol. The molecule has 0 spiro atoms. The molecule has 3 aromatic rings. The Hall–Kier alpha value is -3.05. The van der Waals surface area contributed by atoms with E-state index in [1.165, 1.54) is 12.7 Å². The van der Waals surface area contributed by atoms with Gasteiger partial charge < -0.3 is 21.7 Å². The first kappa shape index (κ1) is 22.6. The van der Waals surface area contributed by atoms with Crippen LogP contribution in [-0.4, -0.2) is 18.9 Å². The number of aryl methyl sites for hydroxylation is 2. The minimum Gasteiger partial charge on any atom is -1.00 e. The van der Waals surface area contributed by atoms with Crippen molar-refractivity contribution in [3.8, 4) is 0 Å². The molecule has 31 heavy (non-hydrogen) atoms. The van der Waals surface area contributed by atoms with Gasteiger partial charge in [0.2, 0.25) is 0 Å². The maximum atomic E-state index is 12.9. The number of pyridine rings is 1. The van der Waals surface area contributed by atoms with Gasteiger partial charge in [-0.05, 0) is 42.7 Å². The summed E-state index contributed by atoms with van der Waals surface area (Å²) in [6, 6.07) is 16.0. The summed E-state index contributed by atoms with van der Waals surface area (Å²) in [5.74, 6) is -0.385. The first-order chi connectivity index (χ1) is 14.5. The average Bonchev–Trinajstić information content (AvgIpc) is 3.04. The van der Waals surface area contributed by atoms with Crippen LogP contribution in [0.25, 0.3) is 6.08 Å². The van der Waals surface area contributed by atoms with E-state index in [1.54, 1.807) is 6.20 Å². The lowest BCUT2D eigenvalue weighted by molar-refractivity contribution is -0.688. The summed E-state index contributed by atoms with van der Waals surface area (Å²) >= 11 is 0. The zero-order chi connectivity index (χ0) is 21.3. The zero-order valence-electron chi connectivity index (χ0n) is 17.8. The topological polar surface area (TPSA) is 47.2 Å². The summed E-state index contributed by atoms with van der Waals surface area (Å²) in [7, 11) is 1.37. The molecule has 1 aliphatic carbocycles. The Morgan fingerprint density at radius 1 is 1.10 bits per heavy atom. The molecule has 158 valence electrons. The Labute approximate surface area is 193 Å². The molecule has 0 aliphatic heterocycles. The first-order valence-corrected chi connectivity index (χ1v) is 9.97. The molecular formula is C26H24BrNO3. The number of ketones is 1. The van der Waals surface area contributed by atoms with E-state index < -0.39 is 5.97 Å². The van der Waals surface area contributed by atoms with Crippen molar-refractivity contribution < 1.29 is 35.9 Å². The monoisotopic (exact) mass is 477 g/mol. The van der Waals surface area contributed by atoms with Gasteiger partial charge in [0.1, 0.15) is 5.56 Å². The predicted molar refractivity (Wildman–Crippen MR) is 115 cm³/mol. The molecule has 4 nitrogen and oxygen atoms in total. The second-order valence-electron chi connectivity index (χ2n) is 7.73.